The maximum absolute atomic E-state index is 4.81. The molecule has 0 amide bonds. The number of rotatable bonds is 4. The monoisotopic (exact) mass is 308 g/mol. The summed E-state index contributed by atoms with van der Waals surface area (Å²) in [5.74, 6) is 5.32. The zero-order valence-corrected chi connectivity index (χ0v) is 14.7. The van der Waals surface area contributed by atoms with E-state index in [1.54, 1.807) is 0 Å². The van der Waals surface area contributed by atoms with Gasteiger partial charge in [-0.25, -0.2) is 9.97 Å². The summed E-state index contributed by atoms with van der Waals surface area (Å²) in [7, 11) is 0. The molecule has 0 bridgehead atoms. The zero-order valence-electron chi connectivity index (χ0n) is 13.9. The normalized spacial score (nSPS) is 19.4. The minimum absolute atomic E-state index is 0.0460. The van der Waals surface area contributed by atoms with Gasteiger partial charge in [0, 0.05) is 29.3 Å². The van der Waals surface area contributed by atoms with Crippen molar-refractivity contribution < 1.29 is 0 Å². The molecule has 1 aliphatic rings. The van der Waals surface area contributed by atoms with Crippen LogP contribution in [0.5, 0.6) is 0 Å². The first-order valence-corrected chi connectivity index (χ1v) is 9.04. The minimum atomic E-state index is -0.0460. The maximum Gasteiger partial charge on any atom is 0.138 e. The Bertz CT molecular complexity index is 476. The second-order valence-corrected chi connectivity index (χ2v) is 7.86. The molecule has 0 saturated carbocycles. The van der Waals surface area contributed by atoms with Crippen LogP contribution in [0, 0.1) is 6.92 Å². The van der Waals surface area contributed by atoms with E-state index in [1.807, 2.05) is 11.8 Å². The second kappa shape index (κ2) is 6.86. The summed E-state index contributed by atoms with van der Waals surface area (Å²) >= 11 is 2.03. The van der Waals surface area contributed by atoms with Gasteiger partial charge in [-0.3, -0.25) is 0 Å². The van der Waals surface area contributed by atoms with Gasteiger partial charge in [0.05, 0.1) is 0 Å². The van der Waals surface area contributed by atoms with Crippen molar-refractivity contribution in [2.24, 2.45) is 0 Å². The van der Waals surface area contributed by atoms with E-state index in [2.05, 4.69) is 45.3 Å². The predicted octanol–water partition coefficient (Wildman–Crippen LogP) is 3.82. The van der Waals surface area contributed by atoms with Crippen LogP contribution < -0.4 is 10.6 Å². The quantitative estimate of drug-likeness (QED) is 0.885. The van der Waals surface area contributed by atoms with Gasteiger partial charge in [-0.2, -0.15) is 11.8 Å². The van der Waals surface area contributed by atoms with E-state index in [4.69, 9.17) is 9.97 Å². The molecule has 5 heteroatoms. The van der Waals surface area contributed by atoms with Crippen molar-refractivity contribution in [3.63, 3.8) is 0 Å². The van der Waals surface area contributed by atoms with Crippen LogP contribution >= 0.6 is 11.8 Å². The smallest absolute Gasteiger partial charge is 0.138 e. The molecule has 0 aromatic carbocycles. The number of anilines is 2. The van der Waals surface area contributed by atoms with Gasteiger partial charge >= 0.3 is 0 Å². The first-order valence-electron chi connectivity index (χ1n) is 7.89. The third-order valence-electron chi connectivity index (χ3n) is 3.66. The lowest BCUT2D eigenvalue weighted by Gasteiger charge is -2.26. The van der Waals surface area contributed by atoms with Crippen molar-refractivity contribution in [3.05, 3.63) is 11.4 Å². The molecule has 0 spiro atoms. The van der Waals surface area contributed by atoms with Crippen molar-refractivity contribution >= 4 is 23.4 Å². The molecule has 21 heavy (non-hydrogen) atoms. The van der Waals surface area contributed by atoms with E-state index >= 15 is 0 Å². The summed E-state index contributed by atoms with van der Waals surface area (Å²) in [5.41, 5.74) is 1.08. The fourth-order valence-corrected chi connectivity index (χ4v) is 3.45. The molecular weight excluding hydrogens is 280 g/mol. The molecule has 118 valence electrons. The van der Waals surface area contributed by atoms with Crippen molar-refractivity contribution in [2.75, 3.05) is 28.7 Å². The Morgan fingerprint density at radius 1 is 1.24 bits per heavy atom. The van der Waals surface area contributed by atoms with E-state index in [1.165, 1.54) is 24.3 Å². The van der Waals surface area contributed by atoms with Crippen LogP contribution in [0.2, 0.25) is 0 Å². The maximum atomic E-state index is 4.81. The van der Waals surface area contributed by atoms with Crippen molar-refractivity contribution in [1.82, 2.24) is 9.97 Å². The standard InChI is InChI=1S/C16H28N4S/c1-6-17-13-11(2)14(18-12-8-7-9-21-10-12)20-15(19-13)16(3,4)5/h12H,6-10H2,1-5H3,(H2,17,18,19,20). The summed E-state index contributed by atoms with van der Waals surface area (Å²) in [6.45, 7) is 11.6. The SMILES string of the molecule is CCNc1nc(C(C)(C)C)nc(NC2CCCSC2)c1C. The Balaban J connectivity index is 2.30. The highest BCUT2D eigenvalue weighted by atomic mass is 32.2. The third-order valence-corrected chi connectivity index (χ3v) is 4.88. The largest absolute Gasteiger partial charge is 0.370 e. The Morgan fingerprint density at radius 2 is 1.95 bits per heavy atom. The van der Waals surface area contributed by atoms with Crippen LogP contribution in [0.3, 0.4) is 0 Å². The van der Waals surface area contributed by atoms with E-state index in [0.29, 0.717) is 6.04 Å². The fourth-order valence-electron chi connectivity index (χ4n) is 2.38. The fraction of sp³-hybridized carbons (Fsp3) is 0.750. The van der Waals surface area contributed by atoms with Crippen LogP contribution in [0.1, 0.15) is 51.9 Å². The summed E-state index contributed by atoms with van der Waals surface area (Å²) in [6, 6.07) is 0.527. The molecule has 1 aromatic rings. The molecule has 1 saturated heterocycles. The molecule has 4 nitrogen and oxygen atoms in total. The average molecular weight is 308 g/mol. The van der Waals surface area contributed by atoms with Gasteiger partial charge in [0.1, 0.15) is 17.5 Å². The molecule has 1 atom stereocenters. The van der Waals surface area contributed by atoms with Gasteiger partial charge in [0.2, 0.25) is 0 Å². The molecule has 1 unspecified atom stereocenters. The highest BCUT2D eigenvalue weighted by molar-refractivity contribution is 7.99. The lowest BCUT2D eigenvalue weighted by molar-refractivity contribution is 0.545. The Morgan fingerprint density at radius 3 is 2.52 bits per heavy atom. The van der Waals surface area contributed by atoms with Gasteiger partial charge in [0.25, 0.3) is 0 Å². The van der Waals surface area contributed by atoms with Crippen LogP contribution in [-0.4, -0.2) is 34.1 Å². The van der Waals surface area contributed by atoms with Crippen LogP contribution in [0.25, 0.3) is 0 Å². The Labute approximate surface area is 132 Å². The summed E-state index contributed by atoms with van der Waals surface area (Å²) in [6.07, 6.45) is 2.52. The number of hydrogen-bond donors (Lipinski definition) is 2. The molecule has 2 N–H and O–H groups in total. The Hall–Kier alpha value is -0.970. The highest BCUT2D eigenvalue weighted by Crippen LogP contribution is 2.28. The Kier molecular flexibility index (Phi) is 5.36. The molecule has 0 radical (unpaired) electrons. The van der Waals surface area contributed by atoms with E-state index in [-0.39, 0.29) is 5.41 Å². The van der Waals surface area contributed by atoms with Gasteiger partial charge in [-0.1, -0.05) is 20.8 Å². The number of hydrogen-bond acceptors (Lipinski definition) is 5. The van der Waals surface area contributed by atoms with E-state index < -0.39 is 0 Å². The van der Waals surface area contributed by atoms with Crippen molar-refractivity contribution in [2.45, 2.75) is 58.9 Å². The predicted molar refractivity (Wildman–Crippen MR) is 93.6 cm³/mol. The molecule has 1 aliphatic heterocycles. The van der Waals surface area contributed by atoms with Gasteiger partial charge in [-0.15, -0.1) is 0 Å². The van der Waals surface area contributed by atoms with E-state index in [9.17, 15) is 0 Å². The van der Waals surface area contributed by atoms with Crippen LogP contribution in [0.4, 0.5) is 11.6 Å². The summed E-state index contributed by atoms with van der Waals surface area (Å²) < 4.78 is 0. The summed E-state index contributed by atoms with van der Waals surface area (Å²) in [4.78, 5) is 9.53. The highest BCUT2D eigenvalue weighted by Gasteiger charge is 2.22. The zero-order chi connectivity index (χ0) is 15.5. The van der Waals surface area contributed by atoms with Crippen LogP contribution in [-0.2, 0) is 5.41 Å². The molecule has 1 aromatic heterocycles. The molecule has 2 heterocycles. The summed E-state index contributed by atoms with van der Waals surface area (Å²) in [5, 5.41) is 7.02. The molecule has 1 fully saturated rings. The average Bonchev–Trinajstić information content (AvgIpc) is 2.43. The number of thioether (sulfide) groups is 1. The second-order valence-electron chi connectivity index (χ2n) is 6.71. The lowest BCUT2D eigenvalue weighted by atomic mass is 9.95. The van der Waals surface area contributed by atoms with Gasteiger partial charge in [-0.05, 0) is 32.4 Å². The molecule has 2 rings (SSSR count). The molecular formula is C16H28N4S. The molecule has 0 aliphatic carbocycles. The number of nitrogens with zero attached hydrogens (tertiary/aromatic N) is 2. The van der Waals surface area contributed by atoms with Crippen molar-refractivity contribution in [3.8, 4) is 0 Å². The number of aromatic nitrogens is 2. The van der Waals surface area contributed by atoms with Crippen LogP contribution in [0.15, 0.2) is 0 Å². The topological polar surface area (TPSA) is 49.8 Å². The van der Waals surface area contributed by atoms with E-state index in [0.717, 1.165) is 29.6 Å². The lowest BCUT2D eigenvalue weighted by Crippen LogP contribution is -2.28. The van der Waals surface area contributed by atoms with Gasteiger partial charge < -0.3 is 10.6 Å². The van der Waals surface area contributed by atoms with Gasteiger partial charge in [0.15, 0.2) is 0 Å². The van der Waals surface area contributed by atoms with Crippen molar-refractivity contribution in [1.29, 1.82) is 0 Å². The first-order chi connectivity index (χ1) is 9.91. The first kappa shape index (κ1) is 16.4. The minimum Gasteiger partial charge on any atom is -0.370 e. The third kappa shape index (κ3) is 4.25. The number of nitrogens with one attached hydrogen (secondary N) is 2.